The van der Waals surface area contributed by atoms with Gasteiger partial charge in [0.25, 0.3) is 0 Å². The van der Waals surface area contributed by atoms with E-state index < -0.39 is 0 Å². The predicted octanol–water partition coefficient (Wildman–Crippen LogP) is 1.29. The molecule has 0 aliphatic carbocycles. The molecule has 17 heavy (non-hydrogen) atoms. The number of amides is 1. The van der Waals surface area contributed by atoms with Crippen molar-refractivity contribution in [3.8, 4) is 0 Å². The average Bonchev–Trinajstić information content (AvgIpc) is 2.40. The zero-order chi connectivity index (χ0) is 12.1. The van der Waals surface area contributed by atoms with E-state index >= 15 is 0 Å². The van der Waals surface area contributed by atoms with Crippen molar-refractivity contribution in [2.45, 2.75) is 32.2 Å². The van der Waals surface area contributed by atoms with Crippen LogP contribution in [0.5, 0.6) is 0 Å². The molecule has 5 nitrogen and oxygen atoms in total. The summed E-state index contributed by atoms with van der Waals surface area (Å²) in [5.74, 6) is 0.792. The van der Waals surface area contributed by atoms with Crippen molar-refractivity contribution in [1.82, 2.24) is 15.1 Å². The van der Waals surface area contributed by atoms with Gasteiger partial charge in [0.2, 0.25) is 5.91 Å². The van der Waals surface area contributed by atoms with Crippen LogP contribution >= 0.6 is 0 Å². The van der Waals surface area contributed by atoms with Gasteiger partial charge in [0, 0.05) is 19.3 Å². The molecule has 1 fully saturated rings. The molecule has 1 N–H and O–H groups in total. The Morgan fingerprint density at radius 1 is 1.41 bits per heavy atom. The van der Waals surface area contributed by atoms with Gasteiger partial charge < -0.3 is 10.2 Å². The minimum atomic E-state index is -0.246. The number of anilines is 1. The highest BCUT2D eigenvalue weighted by atomic mass is 16.2. The number of carbonyl (C=O) groups is 1. The second kappa shape index (κ2) is 5.61. The molecule has 1 unspecified atom stereocenters. The van der Waals surface area contributed by atoms with Crippen LogP contribution in [0.15, 0.2) is 18.3 Å². The van der Waals surface area contributed by atoms with Gasteiger partial charge in [-0.15, -0.1) is 5.10 Å². The summed E-state index contributed by atoms with van der Waals surface area (Å²) < 4.78 is 0. The van der Waals surface area contributed by atoms with E-state index in [1.54, 1.807) is 12.3 Å². The van der Waals surface area contributed by atoms with Crippen molar-refractivity contribution in [3.05, 3.63) is 18.3 Å². The number of rotatable bonds is 3. The molecule has 5 heteroatoms. The molecule has 2 rings (SSSR count). The minimum absolute atomic E-state index is 0.148. The summed E-state index contributed by atoms with van der Waals surface area (Å²) in [5.41, 5.74) is 0. The fourth-order valence-corrected chi connectivity index (χ4v) is 2.05. The molecule has 0 aromatic carbocycles. The monoisotopic (exact) mass is 234 g/mol. The summed E-state index contributed by atoms with van der Waals surface area (Å²) in [5, 5.41) is 10.8. The number of hydrogen-bond acceptors (Lipinski definition) is 4. The van der Waals surface area contributed by atoms with E-state index in [1.165, 1.54) is 6.42 Å². The van der Waals surface area contributed by atoms with Gasteiger partial charge in [-0.05, 0) is 38.3 Å². The SMILES string of the molecule is CC(Nc1cccnn1)C(=O)N1CCCCC1. The first-order valence-corrected chi connectivity index (χ1v) is 6.10. The highest BCUT2D eigenvalue weighted by molar-refractivity contribution is 5.84. The van der Waals surface area contributed by atoms with E-state index in [2.05, 4.69) is 15.5 Å². The van der Waals surface area contributed by atoms with Crippen LogP contribution in [0.4, 0.5) is 5.82 Å². The lowest BCUT2D eigenvalue weighted by molar-refractivity contribution is -0.132. The van der Waals surface area contributed by atoms with E-state index in [1.807, 2.05) is 17.9 Å². The van der Waals surface area contributed by atoms with Gasteiger partial charge in [0.15, 0.2) is 0 Å². The Morgan fingerprint density at radius 3 is 2.82 bits per heavy atom. The van der Waals surface area contributed by atoms with Gasteiger partial charge in [0.05, 0.1) is 0 Å². The summed E-state index contributed by atoms with van der Waals surface area (Å²) in [6, 6.07) is 3.37. The molecule has 92 valence electrons. The molecule has 1 atom stereocenters. The van der Waals surface area contributed by atoms with Crippen LogP contribution in [-0.4, -0.2) is 40.1 Å². The number of nitrogens with zero attached hydrogens (tertiary/aromatic N) is 3. The molecule has 0 saturated carbocycles. The van der Waals surface area contributed by atoms with Crippen molar-refractivity contribution < 1.29 is 4.79 Å². The molecule has 1 aliphatic rings. The van der Waals surface area contributed by atoms with Crippen LogP contribution in [0, 0.1) is 0 Å². The highest BCUT2D eigenvalue weighted by Gasteiger charge is 2.22. The first kappa shape index (κ1) is 11.8. The minimum Gasteiger partial charge on any atom is -0.357 e. The Kier molecular flexibility index (Phi) is 3.90. The molecular formula is C12H18N4O. The summed E-state index contributed by atoms with van der Waals surface area (Å²) in [4.78, 5) is 14.0. The number of nitrogens with one attached hydrogen (secondary N) is 1. The number of hydrogen-bond donors (Lipinski definition) is 1. The van der Waals surface area contributed by atoms with E-state index in [0.717, 1.165) is 25.9 Å². The molecule has 0 spiro atoms. The van der Waals surface area contributed by atoms with Crippen molar-refractivity contribution in [2.75, 3.05) is 18.4 Å². The lowest BCUT2D eigenvalue weighted by Crippen LogP contribution is -2.44. The Labute approximate surface area is 101 Å². The van der Waals surface area contributed by atoms with E-state index in [0.29, 0.717) is 5.82 Å². The molecule has 1 amide bonds. The molecule has 1 aromatic heterocycles. The fourth-order valence-electron chi connectivity index (χ4n) is 2.05. The number of aromatic nitrogens is 2. The van der Waals surface area contributed by atoms with Crippen LogP contribution in [0.2, 0.25) is 0 Å². The largest absolute Gasteiger partial charge is 0.357 e. The molecular weight excluding hydrogens is 216 g/mol. The van der Waals surface area contributed by atoms with Crippen molar-refractivity contribution in [2.24, 2.45) is 0 Å². The number of carbonyl (C=O) groups excluding carboxylic acids is 1. The number of likely N-dealkylation sites (tertiary alicyclic amines) is 1. The molecule has 0 bridgehead atoms. The van der Waals surface area contributed by atoms with Crippen molar-refractivity contribution >= 4 is 11.7 Å². The topological polar surface area (TPSA) is 58.1 Å². The Morgan fingerprint density at radius 2 is 2.18 bits per heavy atom. The van der Waals surface area contributed by atoms with E-state index in [4.69, 9.17) is 0 Å². The quantitative estimate of drug-likeness (QED) is 0.856. The summed E-state index contributed by atoms with van der Waals surface area (Å²) >= 11 is 0. The van der Waals surface area contributed by atoms with Gasteiger partial charge in [-0.25, -0.2) is 0 Å². The van der Waals surface area contributed by atoms with Crippen LogP contribution in [-0.2, 0) is 4.79 Å². The third kappa shape index (κ3) is 3.15. The van der Waals surface area contributed by atoms with E-state index in [-0.39, 0.29) is 11.9 Å². The van der Waals surface area contributed by atoms with Gasteiger partial charge in [-0.1, -0.05) is 0 Å². The zero-order valence-corrected chi connectivity index (χ0v) is 10.1. The lowest BCUT2D eigenvalue weighted by atomic mass is 10.1. The van der Waals surface area contributed by atoms with E-state index in [9.17, 15) is 4.79 Å². The summed E-state index contributed by atoms with van der Waals surface area (Å²) in [6.07, 6.45) is 5.07. The van der Waals surface area contributed by atoms with Gasteiger partial charge in [0.1, 0.15) is 11.9 Å². The molecule has 1 saturated heterocycles. The van der Waals surface area contributed by atoms with Crippen LogP contribution in [0.25, 0.3) is 0 Å². The fraction of sp³-hybridized carbons (Fsp3) is 0.583. The second-order valence-electron chi connectivity index (χ2n) is 4.36. The smallest absolute Gasteiger partial charge is 0.244 e. The van der Waals surface area contributed by atoms with Crippen molar-refractivity contribution in [1.29, 1.82) is 0 Å². The van der Waals surface area contributed by atoms with Gasteiger partial charge >= 0.3 is 0 Å². The van der Waals surface area contributed by atoms with Gasteiger partial charge in [-0.3, -0.25) is 4.79 Å². The van der Waals surface area contributed by atoms with Crippen molar-refractivity contribution in [3.63, 3.8) is 0 Å². The first-order chi connectivity index (χ1) is 8.27. The predicted molar refractivity (Wildman–Crippen MR) is 65.5 cm³/mol. The Balaban J connectivity index is 1.90. The average molecular weight is 234 g/mol. The standard InChI is InChI=1S/C12H18N4O/c1-10(14-11-6-5-7-13-15-11)12(17)16-8-3-2-4-9-16/h5-7,10H,2-4,8-9H2,1H3,(H,14,15). The third-order valence-corrected chi connectivity index (χ3v) is 2.97. The third-order valence-electron chi connectivity index (χ3n) is 2.97. The molecule has 2 heterocycles. The first-order valence-electron chi connectivity index (χ1n) is 6.10. The molecule has 1 aliphatic heterocycles. The van der Waals surface area contributed by atoms with Crippen LogP contribution in [0.3, 0.4) is 0 Å². The Hall–Kier alpha value is -1.65. The molecule has 0 radical (unpaired) electrons. The normalized spacial score (nSPS) is 17.6. The molecule has 1 aromatic rings. The second-order valence-corrected chi connectivity index (χ2v) is 4.36. The van der Waals surface area contributed by atoms with Crippen LogP contribution < -0.4 is 5.32 Å². The maximum atomic E-state index is 12.1. The maximum Gasteiger partial charge on any atom is 0.244 e. The maximum absolute atomic E-state index is 12.1. The summed E-state index contributed by atoms with van der Waals surface area (Å²) in [7, 11) is 0. The zero-order valence-electron chi connectivity index (χ0n) is 10.1. The summed E-state index contributed by atoms with van der Waals surface area (Å²) in [6.45, 7) is 3.63. The Bertz CT molecular complexity index is 362. The highest BCUT2D eigenvalue weighted by Crippen LogP contribution is 2.11. The lowest BCUT2D eigenvalue weighted by Gasteiger charge is -2.29. The van der Waals surface area contributed by atoms with Crippen LogP contribution in [0.1, 0.15) is 26.2 Å². The van der Waals surface area contributed by atoms with Gasteiger partial charge in [-0.2, -0.15) is 5.10 Å². The number of piperidine rings is 1.